The normalized spacial score (nSPS) is 10.5. The van der Waals surface area contributed by atoms with Gasteiger partial charge in [-0.15, -0.1) is 0 Å². The molecule has 0 amide bonds. The fourth-order valence-electron chi connectivity index (χ4n) is 2.06. The van der Waals surface area contributed by atoms with Crippen molar-refractivity contribution in [1.82, 2.24) is 4.98 Å². The number of aromatic carboxylic acids is 1. The maximum absolute atomic E-state index is 13.8. The summed E-state index contributed by atoms with van der Waals surface area (Å²) in [6.45, 7) is 0. The van der Waals surface area contributed by atoms with Crippen LogP contribution in [0.15, 0.2) is 54.9 Å². The van der Waals surface area contributed by atoms with Gasteiger partial charge < -0.3 is 5.11 Å². The topological polar surface area (TPSA) is 50.2 Å². The number of pyridine rings is 1. The highest BCUT2D eigenvalue weighted by Gasteiger charge is 2.15. The van der Waals surface area contributed by atoms with E-state index in [0.717, 1.165) is 11.1 Å². The molecule has 0 bridgehead atoms. The summed E-state index contributed by atoms with van der Waals surface area (Å²) in [4.78, 5) is 14.8. The zero-order chi connectivity index (χ0) is 14.8. The summed E-state index contributed by atoms with van der Waals surface area (Å²) in [6.07, 6.45) is 3.42. The minimum Gasteiger partial charge on any atom is -0.477 e. The van der Waals surface area contributed by atoms with Crippen LogP contribution in [-0.2, 0) is 0 Å². The summed E-state index contributed by atoms with van der Waals surface area (Å²) in [6, 6.07) is 12.5. The van der Waals surface area contributed by atoms with Crippen molar-refractivity contribution < 1.29 is 14.3 Å². The zero-order valence-electron chi connectivity index (χ0n) is 10.8. The van der Waals surface area contributed by atoms with E-state index in [1.807, 2.05) is 24.3 Å². The lowest BCUT2D eigenvalue weighted by atomic mass is 10.0. The Balaban J connectivity index is 1.96. The van der Waals surface area contributed by atoms with Crippen LogP contribution < -0.4 is 0 Å². The van der Waals surface area contributed by atoms with Crippen LogP contribution in [0.1, 0.15) is 9.67 Å². The highest BCUT2D eigenvalue weighted by atomic mass is 32.1. The van der Waals surface area contributed by atoms with Gasteiger partial charge in [-0.25, -0.2) is 4.79 Å². The molecule has 0 saturated carbocycles. The molecule has 21 heavy (non-hydrogen) atoms. The van der Waals surface area contributed by atoms with E-state index in [2.05, 4.69) is 4.98 Å². The molecule has 0 aliphatic carbocycles. The maximum Gasteiger partial charge on any atom is 0.345 e. The third kappa shape index (κ3) is 2.68. The Hall–Kier alpha value is -2.53. The first-order chi connectivity index (χ1) is 10.1. The standard InChI is InChI=1S/C16H10FNO2S/c17-15-13(9-14(21-15)16(19)20)12-3-1-10(2-4-12)11-5-7-18-8-6-11/h1-9H,(H,19,20). The van der Waals surface area contributed by atoms with Gasteiger partial charge in [0.15, 0.2) is 5.13 Å². The molecule has 1 aromatic carbocycles. The van der Waals surface area contributed by atoms with Crippen LogP contribution in [0.3, 0.4) is 0 Å². The van der Waals surface area contributed by atoms with Gasteiger partial charge in [-0.1, -0.05) is 35.6 Å². The number of rotatable bonds is 3. The Labute approximate surface area is 124 Å². The minimum atomic E-state index is -1.11. The van der Waals surface area contributed by atoms with Crippen LogP contribution >= 0.6 is 11.3 Å². The number of carboxylic acids is 1. The van der Waals surface area contributed by atoms with Gasteiger partial charge in [0.25, 0.3) is 0 Å². The number of hydrogen-bond donors (Lipinski definition) is 1. The van der Waals surface area contributed by atoms with Crippen molar-refractivity contribution in [1.29, 1.82) is 0 Å². The summed E-state index contributed by atoms with van der Waals surface area (Å²) in [7, 11) is 0. The summed E-state index contributed by atoms with van der Waals surface area (Å²) in [5.41, 5.74) is 3.00. The molecule has 0 aliphatic rings. The van der Waals surface area contributed by atoms with Gasteiger partial charge in [-0.3, -0.25) is 4.98 Å². The van der Waals surface area contributed by atoms with Gasteiger partial charge in [0.05, 0.1) is 0 Å². The molecule has 2 heterocycles. The van der Waals surface area contributed by atoms with Gasteiger partial charge in [-0.05, 0) is 34.9 Å². The average Bonchev–Trinajstić information content (AvgIpc) is 2.91. The second kappa shape index (κ2) is 5.46. The van der Waals surface area contributed by atoms with E-state index in [0.29, 0.717) is 22.5 Å². The number of nitrogens with zero attached hydrogens (tertiary/aromatic N) is 1. The maximum atomic E-state index is 13.8. The Bertz CT molecular complexity index is 782. The fraction of sp³-hybridized carbons (Fsp3) is 0. The van der Waals surface area contributed by atoms with Crippen molar-refractivity contribution in [3.63, 3.8) is 0 Å². The lowest BCUT2D eigenvalue weighted by molar-refractivity contribution is 0.0702. The minimum absolute atomic E-state index is 0.000658. The Morgan fingerprint density at radius 1 is 1.00 bits per heavy atom. The van der Waals surface area contributed by atoms with Crippen LogP contribution in [-0.4, -0.2) is 16.1 Å². The Morgan fingerprint density at radius 3 is 2.14 bits per heavy atom. The predicted octanol–water partition coefficient (Wildman–Crippen LogP) is 4.31. The summed E-state index contributed by atoms with van der Waals surface area (Å²) < 4.78 is 13.8. The predicted molar refractivity (Wildman–Crippen MR) is 79.9 cm³/mol. The van der Waals surface area contributed by atoms with E-state index in [4.69, 9.17) is 5.11 Å². The van der Waals surface area contributed by atoms with E-state index in [1.165, 1.54) is 6.07 Å². The third-order valence-electron chi connectivity index (χ3n) is 3.11. The van der Waals surface area contributed by atoms with Crippen molar-refractivity contribution in [3.05, 3.63) is 64.9 Å². The summed E-state index contributed by atoms with van der Waals surface area (Å²) >= 11 is 0.643. The Morgan fingerprint density at radius 2 is 1.57 bits per heavy atom. The fourth-order valence-corrected chi connectivity index (χ4v) is 2.80. The highest BCUT2D eigenvalue weighted by molar-refractivity contribution is 7.12. The molecule has 0 radical (unpaired) electrons. The van der Waals surface area contributed by atoms with Crippen LogP contribution in [0.5, 0.6) is 0 Å². The summed E-state index contributed by atoms with van der Waals surface area (Å²) in [5.74, 6) is -1.11. The first kappa shape index (κ1) is 13.5. The molecule has 3 rings (SSSR count). The number of thiophene rings is 1. The molecule has 5 heteroatoms. The number of carboxylic acid groups (broad SMARTS) is 1. The van der Waals surface area contributed by atoms with Crippen molar-refractivity contribution in [2.45, 2.75) is 0 Å². The molecular formula is C16H10FNO2S. The monoisotopic (exact) mass is 299 g/mol. The van der Waals surface area contributed by atoms with Gasteiger partial charge >= 0.3 is 5.97 Å². The number of halogens is 1. The van der Waals surface area contributed by atoms with Crippen LogP contribution in [0.2, 0.25) is 0 Å². The molecule has 3 nitrogen and oxygen atoms in total. The van der Waals surface area contributed by atoms with Crippen molar-refractivity contribution in [2.75, 3.05) is 0 Å². The molecule has 3 aromatic rings. The smallest absolute Gasteiger partial charge is 0.345 e. The lowest BCUT2D eigenvalue weighted by Gasteiger charge is -2.03. The van der Waals surface area contributed by atoms with Crippen molar-refractivity contribution in [2.24, 2.45) is 0 Å². The first-order valence-electron chi connectivity index (χ1n) is 6.18. The van der Waals surface area contributed by atoms with Crippen LogP contribution in [0.25, 0.3) is 22.3 Å². The zero-order valence-corrected chi connectivity index (χ0v) is 11.6. The Kier molecular flexibility index (Phi) is 3.50. The van der Waals surface area contributed by atoms with E-state index < -0.39 is 11.1 Å². The molecule has 0 saturated heterocycles. The van der Waals surface area contributed by atoms with Crippen LogP contribution in [0, 0.1) is 5.13 Å². The van der Waals surface area contributed by atoms with Gasteiger partial charge in [-0.2, -0.15) is 4.39 Å². The van der Waals surface area contributed by atoms with E-state index >= 15 is 0 Å². The van der Waals surface area contributed by atoms with Crippen LogP contribution in [0.4, 0.5) is 4.39 Å². The van der Waals surface area contributed by atoms with Gasteiger partial charge in [0, 0.05) is 18.0 Å². The van der Waals surface area contributed by atoms with Crippen molar-refractivity contribution >= 4 is 17.3 Å². The molecule has 2 aromatic heterocycles. The number of carbonyl (C=O) groups is 1. The molecule has 0 fully saturated rings. The molecule has 104 valence electrons. The molecule has 1 N–H and O–H groups in total. The van der Waals surface area contributed by atoms with E-state index in [9.17, 15) is 9.18 Å². The number of hydrogen-bond acceptors (Lipinski definition) is 3. The highest BCUT2D eigenvalue weighted by Crippen LogP contribution is 2.31. The molecule has 0 spiro atoms. The first-order valence-corrected chi connectivity index (χ1v) is 7.00. The average molecular weight is 299 g/mol. The number of aromatic nitrogens is 1. The van der Waals surface area contributed by atoms with E-state index in [-0.39, 0.29) is 4.88 Å². The molecule has 0 atom stereocenters. The molecule has 0 unspecified atom stereocenters. The second-order valence-electron chi connectivity index (χ2n) is 4.42. The second-order valence-corrected chi connectivity index (χ2v) is 5.42. The lowest BCUT2D eigenvalue weighted by Crippen LogP contribution is -1.89. The molecule has 0 aliphatic heterocycles. The molecular weight excluding hydrogens is 289 g/mol. The summed E-state index contributed by atoms with van der Waals surface area (Å²) in [5, 5.41) is 8.42. The van der Waals surface area contributed by atoms with Gasteiger partial charge in [0.2, 0.25) is 0 Å². The number of benzene rings is 1. The third-order valence-corrected chi connectivity index (χ3v) is 4.02. The SMILES string of the molecule is O=C(O)c1cc(-c2ccc(-c3ccncc3)cc2)c(F)s1. The van der Waals surface area contributed by atoms with Crippen molar-refractivity contribution in [3.8, 4) is 22.3 Å². The van der Waals surface area contributed by atoms with E-state index in [1.54, 1.807) is 24.5 Å². The largest absolute Gasteiger partial charge is 0.477 e. The quantitative estimate of drug-likeness (QED) is 0.783. The van der Waals surface area contributed by atoms with Gasteiger partial charge in [0.1, 0.15) is 4.88 Å².